The molecule has 4 rings (SSSR count). The first-order chi connectivity index (χ1) is 11.2. The van der Waals surface area contributed by atoms with Gasteiger partial charge in [0.2, 0.25) is 5.91 Å². The lowest BCUT2D eigenvalue weighted by Gasteiger charge is -2.34. The molecule has 1 aromatic carbocycles. The number of aromatic nitrogens is 2. The van der Waals surface area contributed by atoms with E-state index in [1.54, 1.807) is 34.1 Å². The SMILES string of the molecule is O=C1CC2(CCN(C(=O)Cn3cccn3)C2)Oc2ccccc21. The van der Waals surface area contributed by atoms with Crippen LogP contribution in [0.2, 0.25) is 0 Å². The number of para-hydroxylation sites is 1. The van der Waals surface area contributed by atoms with Gasteiger partial charge in [0, 0.05) is 25.4 Å². The summed E-state index contributed by atoms with van der Waals surface area (Å²) in [6.07, 6.45) is 4.42. The fourth-order valence-corrected chi connectivity index (χ4v) is 3.36. The highest BCUT2D eigenvalue weighted by Gasteiger charge is 2.46. The lowest BCUT2D eigenvalue weighted by molar-refractivity contribution is -0.131. The Hall–Kier alpha value is -2.63. The van der Waals surface area contributed by atoms with Crippen LogP contribution in [0.5, 0.6) is 5.75 Å². The third-order valence-electron chi connectivity index (χ3n) is 4.52. The van der Waals surface area contributed by atoms with Crippen molar-refractivity contribution in [2.24, 2.45) is 0 Å². The Labute approximate surface area is 133 Å². The van der Waals surface area contributed by atoms with Gasteiger partial charge in [0.25, 0.3) is 0 Å². The lowest BCUT2D eigenvalue weighted by atomic mass is 9.89. The Morgan fingerprint density at radius 1 is 1.30 bits per heavy atom. The number of likely N-dealkylation sites (tertiary alicyclic amines) is 1. The number of rotatable bonds is 2. The molecule has 2 aromatic rings. The molecule has 1 spiro atoms. The second-order valence-electron chi connectivity index (χ2n) is 6.15. The Kier molecular flexibility index (Phi) is 3.18. The first kappa shape index (κ1) is 14.0. The fourth-order valence-electron chi connectivity index (χ4n) is 3.36. The summed E-state index contributed by atoms with van der Waals surface area (Å²) in [6, 6.07) is 9.11. The van der Waals surface area contributed by atoms with Gasteiger partial charge in [-0.2, -0.15) is 5.10 Å². The second-order valence-corrected chi connectivity index (χ2v) is 6.15. The number of nitrogens with zero attached hydrogens (tertiary/aromatic N) is 3. The third-order valence-corrected chi connectivity index (χ3v) is 4.52. The molecule has 1 atom stereocenters. The van der Waals surface area contributed by atoms with E-state index in [2.05, 4.69) is 5.10 Å². The van der Waals surface area contributed by atoms with Crippen molar-refractivity contribution in [3.8, 4) is 5.75 Å². The molecule has 2 aliphatic heterocycles. The molecule has 2 aliphatic rings. The first-order valence-electron chi connectivity index (χ1n) is 7.72. The third kappa shape index (κ3) is 2.50. The number of ether oxygens (including phenoxy) is 1. The zero-order chi connectivity index (χ0) is 15.9. The normalized spacial score (nSPS) is 23.0. The molecular formula is C17H17N3O3. The molecule has 23 heavy (non-hydrogen) atoms. The molecule has 0 aliphatic carbocycles. The molecule has 1 aromatic heterocycles. The molecule has 1 unspecified atom stereocenters. The van der Waals surface area contributed by atoms with Gasteiger partial charge in [0.1, 0.15) is 17.9 Å². The highest BCUT2D eigenvalue weighted by atomic mass is 16.5. The van der Waals surface area contributed by atoms with Crippen LogP contribution in [0.4, 0.5) is 0 Å². The van der Waals surface area contributed by atoms with E-state index in [-0.39, 0.29) is 18.2 Å². The summed E-state index contributed by atoms with van der Waals surface area (Å²) >= 11 is 0. The molecule has 0 radical (unpaired) electrons. The van der Waals surface area contributed by atoms with E-state index in [1.807, 2.05) is 18.2 Å². The molecule has 6 nitrogen and oxygen atoms in total. The van der Waals surface area contributed by atoms with E-state index in [0.29, 0.717) is 37.2 Å². The quantitative estimate of drug-likeness (QED) is 0.843. The number of carbonyl (C=O) groups excluding carboxylic acids is 2. The summed E-state index contributed by atoms with van der Waals surface area (Å²) in [4.78, 5) is 26.5. The smallest absolute Gasteiger partial charge is 0.244 e. The number of benzene rings is 1. The maximum atomic E-state index is 12.4. The van der Waals surface area contributed by atoms with E-state index in [0.717, 1.165) is 0 Å². The number of Topliss-reactive ketones (excluding diaryl/α,β-unsaturated/α-hetero) is 1. The van der Waals surface area contributed by atoms with Gasteiger partial charge in [-0.25, -0.2) is 0 Å². The van der Waals surface area contributed by atoms with E-state index >= 15 is 0 Å². The van der Waals surface area contributed by atoms with Gasteiger partial charge >= 0.3 is 0 Å². The van der Waals surface area contributed by atoms with Crippen LogP contribution in [-0.2, 0) is 11.3 Å². The van der Waals surface area contributed by atoms with Gasteiger partial charge in [-0.05, 0) is 18.2 Å². The highest BCUT2D eigenvalue weighted by molar-refractivity contribution is 6.00. The van der Waals surface area contributed by atoms with Crippen LogP contribution in [0.1, 0.15) is 23.2 Å². The Bertz CT molecular complexity index is 756. The van der Waals surface area contributed by atoms with Crippen LogP contribution in [0.25, 0.3) is 0 Å². The summed E-state index contributed by atoms with van der Waals surface area (Å²) in [7, 11) is 0. The molecular weight excluding hydrogens is 294 g/mol. The Morgan fingerprint density at radius 2 is 2.17 bits per heavy atom. The van der Waals surface area contributed by atoms with Crippen molar-refractivity contribution in [2.45, 2.75) is 25.0 Å². The number of amides is 1. The zero-order valence-electron chi connectivity index (χ0n) is 12.6. The van der Waals surface area contributed by atoms with Gasteiger partial charge in [0.15, 0.2) is 5.78 Å². The first-order valence-corrected chi connectivity index (χ1v) is 7.72. The highest BCUT2D eigenvalue weighted by Crippen LogP contribution is 2.38. The van der Waals surface area contributed by atoms with E-state index in [4.69, 9.17) is 4.74 Å². The van der Waals surface area contributed by atoms with E-state index in [9.17, 15) is 9.59 Å². The fraction of sp³-hybridized carbons (Fsp3) is 0.353. The molecule has 6 heteroatoms. The topological polar surface area (TPSA) is 64.4 Å². The van der Waals surface area contributed by atoms with Crippen molar-refractivity contribution >= 4 is 11.7 Å². The van der Waals surface area contributed by atoms with E-state index < -0.39 is 5.60 Å². The molecule has 0 bridgehead atoms. The summed E-state index contributed by atoms with van der Waals surface area (Å²) in [5.74, 6) is 0.721. The van der Waals surface area contributed by atoms with Crippen LogP contribution in [0.15, 0.2) is 42.7 Å². The van der Waals surface area contributed by atoms with Gasteiger partial charge in [-0.3, -0.25) is 14.3 Å². The number of hydrogen-bond donors (Lipinski definition) is 0. The number of ketones is 1. The summed E-state index contributed by atoms with van der Waals surface area (Å²) in [5.41, 5.74) is 0.0602. The van der Waals surface area contributed by atoms with Crippen molar-refractivity contribution < 1.29 is 14.3 Å². The van der Waals surface area contributed by atoms with Gasteiger partial charge in [0.05, 0.1) is 18.5 Å². The Balaban J connectivity index is 1.50. The molecule has 1 fully saturated rings. The summed E-state index contributed by atoms with van der Waals surface area (Å²) < 4.78 is 7.74. The van der Waals surface area contributed by atoms with Gasteiger partial charge < -0.3 is 9.64 Å². The average molecular weight is 311 g/mol. The predicted octanol–water partition coefficient (Wildman–Crippen LogP) is 1.52. The van der Waals surface area contributed by atoms with Crippen molar-refractivity contribution in [3.05, 3.63) is 48.3 Å². The van der Waals surface area contributed by atoms with Crippen molar-refractivity contribution in [1.82, 2.24) is 14.7 Å². The maximum Gasteiger partial charge on any atom is 0.244 e. The summed E-state index contributed by atoms with van der Waals surface area (Å²) in [6.45, 7) is 1.27. The minimum absolute atomic E-state index is 0.000447. The molecule has 3 heterocycles. The zero-order valence-corrected chi connectivity index (χ0v) is 12.6. The molecule has 118 valence electrons. The van der Waals surface area contributed by atoms with Crippen LogP contribution in [0, 0.1) is 0 Å². The standard InChI is InChI=1S/C17H17N3O3/c21-14-10-17(23-15-5-2-1-4-13(14)15)6-9-19(12-17)16(22)11-20-8-3-7-18-20/h1-5,7-8H,6,9-12H2. The van der Waals surface area contributed by atoms with Crippen molar-refractivity contribution in [1.29, 1.82) is 0 Å². The van der Waals surface area contributed by atoms with Crippen LogP contribution in [-0.4, -0.2) is 45.1 Å². The second kappa shape index (κ2) is 5.22. The number of fused-ring (bicyclic) bond motifs is 1. The lowest BCUT2D eigenvalue weighted by Crippen LogP contribution is -2.45. The maximum absolute atomic E-state index is 12.4. The van der Waals surface area contributed by atoms with Crippen LogP contribution >= 0.6 is 0 Å². The van der Waals surface area contributed by atoms with Crippen molar-refractivity contribution in [3.63, 3.8) is 0 Å². The number of hydrogen-bond acceptors (Lipinski definition) is 4. The largest absolute Gasteiger partial charge is 0.484 e. The molecule has 0 saturated carbocycles. The average Bonchev–Trinajstić information content (AvgIpc) is 3.18. The number of carbonyl (C=O) groups is 2. The Morgan fingerprint density at radius 3 is 3.00 bits per heavy atom. The minimum atomic E-state index is -0.578. The van der Waals surface area contributed by atoms with Gasteiger partial charge in [-0.1, -0.05) is 12.1 Å². The van der Waals surface area contributed by atoms with Crippen molar-refractivity contribution in [2.75, 3.05) is 13.1 Å². The molecule has 0 N–H and O–H groups in total. The van der Waals surface area contributed by atoms with E-state index in [1.165, 1.54) is 0 Å². The molecule has 1 saturated heterocycles. The summed E-state index contributed by atoms with van der Waals surface area (Å²) in [5, 5.41) is 4.06. The molecule has 1 amide bonds. The van der Waals surface area contributed by atoms with Gasteiger partial charge in [-0.15, -0.1) is 0 Å². The minimum Gasteiger partial charge on any atom is -0.484 e. The monoisotopic (exact) mass is 311 g/mol. The van der Waals surface area contributed by atoms with Crippen LogP contribution in [0.3, 0.4) is 0 Å². The predicted molar refractivity (Wildman–Crippen MR) is 82.2 cm³/mol. The van der Waals surface area contributed by atoms with Crippen LogP contribution < -0.4 is 4.74 Å².